The first kappa shape index (κ1) is 65.7. The van der Waals surface area contributed by atoms with Crippen molar-refractivity contribution in [1.82, 2.24) is 5.32 Å². The highest BCUT2D eigenvalue weighted by Crippen LogP contribution is 2.43. The largest absolute Gasteiger partial charge is 0.472 e. The van der Waals surface area contributed by atoms with Crippen LogP contribution < -0.4 is 5.32 Å². The number of hydrogen-bond acceptors (Lipinski definition) is 5. The van der Waals surface area contributed by atoms with Crippen molar-refractivity contribution in [3.63, 3.8) is 0 Å². The van der Waals surface area contributed by atoms with Crippen molar-refractivity contribution in [3.05, 3.63) is 85.1 Å². The van der Waals surface area contributed by atoms with Gasteiger partial charge in [0, 0.05) is 6.42 Å². The highest BCUT2D eigenvalue weighted by Gasteiger charge is 2.27. The van der Waals surface area contributed by atoms with Crippen LogP contribution in [0.3, 0.4) is 0 Å². The summed E-state index contributed by atoms with van der Waals surface area (Å²) in [5, 5.41) is 13.6. The number of hydrogen-bond donors (Lipinski definition) is 3. The fourth-order valence-corrected chi connectivity index (χ4v) is 8.49. The van der Waals surface area contributed by atoms with Gasteiger partial charge in [-0.1, -0.05) is 240 Å². The number of unbranched alkanes of at least 4 members (excludes halogenated alkanes) is 25. The molecule has 0 bridgehead atoms. The van der Waals surface area contributed by atoms with Crippen LogP contribution in [0, 0.1) is 0 Å². The number of quaternary nitrogens is 1. The van der Waals surface area contributed by atoms with E-state index in [9.17, 15) is 19.4 Å². The summed E-state index contributed by atoms with van der Waals surface area (Å²) < 4.78 is 23.4. The molecule has 1 amide bonds. The molecule has 0 aliphatic rings. The molecule has 0 aliphatic heterocycles. The lowest BCUT2D eigenvalue weighted by atomic mass is 10.0. The van der Waals surface area contributed by atoms with Crippen LogP contribution in [-0.4, -0.2) is 73.4 Å². The predicted molar refractivity (Wildman–Crippen MR) is 295 cm³/mol. The van der Waals surface area contributed by atoms with Gasteiger partial charge in [-0.25, -0.2) is 4.57 Å². The second kappa shape index (κ2) is 49.7. The number of aliphatic hydroxyl groups is 1. The maximum atomic E-state index is 12.8. The number of carbonyl (C=O) groups is 1. The SMILES string of the molecule is CC/C=C\C/C=C\C/C=C\C/C=C\C/C=C\C/C=C\CCCCCCCCCCCCCCCCCCCCCCCCC(=O)NC(COP(=O)(O)OCC[N+](C)(C)C)C(O)/C=C/CCCCC. The molecule has 3 N–H and O–H groups in total. The number of amides is 1. The van der Waals surface area contributed by atoms with Crippen molar-refractivity contribution in [1.29, 1.82) is 0 Å². The van der Waals surface area contributed by atoms with E-state index in [1.54, 1.807) is 6.08 Å². The molecule has 0 heterocycles. The summed E-state index contributed by atoms with van der Waals surface area (Å²) in [7, 11) is 1.57. The van der Waals surface area contributed by atoms with E-state index in [-0.39, 0.29) is 19.1 Å². The third-order valence-electron chi connectivity index (χ3n) is 12.1. The standard InChI is InChI=1S/C59H107N2O6P/c1-6-8-10-12-13-14-15-16-17-18-19-20-21-22-23-24-25-26-27-28-29-30-31-32-33-34-35-36-37-38-39-40-41-42-43-44-45-46-47-49-51-53-59(63)60-57(58(62)52-50-48-11-9-7-2)56-67-68(64,65)66-55-54-61(3,4)5/h8,10,13-14,16-17,19-20,22-23,25-26,50,52,57-58,62H,6-7,9,11-12,15,18,21,24,27-49,51,53-56H2,1-5H3,(H-,60,63,64,65)/p+1/b10-8-,14-13-,17-16-,20-19-,23-22-,26-25-,52-50+. The van der Waals surface area contributed by atoms with Crippen LogP contribution in [-0.2, 0) is 18.4 Å². The van der Waals surface area contributed by atoms with Crippen molar-refractivity contribution in [3.8, 4) is 0 Å². The minimum absolute atomic E-state index is 0.0597. The lowest BCUT2D eigenvalue weighted by molar-refractivity contribution is -0.870. The number of allylic oxidation sites excluding steroid dienone is 13. The van der Waals surface area contributed by atoms with E-state index in [0.717, 1.165) is 83.5 Å². The van der Waals surface area contributed by atoms with Gasteiger partial charge in [0.25, 0.3) is 0 Å². The Morgan fingerprint density at radius 1 is 0.515 bits per heavy atom. The fraction of sp³-hybridized carbons (Fsp3) is 0.746. The fourth-order valence-electron chi connectivity index (χ4n) is 7.75. The van der Waals surface area contributed by atoms with E-state index in [2.05, 4.69) is 92.1 Å². The van der Waals surface area contributed by atoms with Gasteiger partial charge in [0.15, 0.2) is 0 Å². The Hall–Kier alpha value is -2.32. The zero-order valence-electron chi connectivity index (χ0n) is 44.8. The highest BCUT2D eigenvalue weighted by atomic mass is 31.2. The first-order valence-corrected chi connectivity index (χ1v) is 29.5. The maximum Gasteiger partial charge on any atom is 0.472 e. The number of phosphoric ester groups is 1. The molecule has 0 aliphatic carbocycles. The van der Waals surface area contributed by atoms with Crippen molar-refractivity contribution in [2.45, 2.75) is 244 Å². The van der Waals surface area contributed by atoms with E-state index in [1.165, 1.54) is 128 Å². The van der Waals surface area contributed by atoms with E-state index in [1.807, 2.05) is 27.2 Å². The van der Waals surface area contributed by atoms with Crippen molar-refractivity contribution in [2.24, 2.45) is 0 Å². The van der Waals surface area contributed by atoms with Gasteiger partial charge in [0.2, 0.25) is 5.91 Å². The van der Waals surface area contributed by atoms with Crippen LogP contribution >= 0.6 is 7.82 Å². The predicted octanol–water partition coefficient (Wildman–Crippen LogP) is 16.9. The van der Waals surface area contributed by atoms with Crippen LogP contribution in [0.1, 0.15) is 232 Å². The van der Waals surface area contributed by atoms with Crippen molar-refractivity contribution < 1.29 is 32.9 Å². The van der Waals surface area contributed by atoms with E-state index >= 15 is 0 Å². The number of nitrogens with one attached hydrogen (secondary N) is 1. The number of rotatable bonds is 50. The molecule has 8 nitrogen and oxygen atoms in total. The molecule has 68 heavy (non-hydrogen) atoms. The number of aliphatic hydroxyl groups excluding tert-OH is 1. The van der Waals surface area contributed by atoms with Crippen LogP contribution in [0.5, 0.6) is 0 Å². The van der Waals surface area contributed by atoms with Gasteiger partial charge >= 0.3 is 7.82 Å². The summed E-state index contributed by atoms with van der Waals surface area (Å²) in [4.78, 5) is 23.0. The third-order valence-corrected chi connectivity index (χ3v) is 13.1. The summed E-state index contributed by atoms with van der Waals surface area (Å²) in [6.45, 7) is 4.58. The second-order valence-corrected chi connectivity index (χ2v) is 21.4. The average Bonchev–Trinajstić information content (AvgIpc) is 3.30. The molecule has 0 aromatic rings. The first-order valence-electron chi connectivity index (χ1n) is 28.0. The Bertz CT molecular complexity index is 1380. The highest BCUT2D eigenvalue weighted by molar-refractivity contribution is 7.47. The molecule has 0 spiro atoms. The van der Waals surface area contributed by atoms with Gasteiger partial charge in [0.05, 0.1) is 39.9 Å². The lowest BCUT2D eigenvalue weighted by Gasteiger charge is -2.25. The molecule has 3 atom stereocenters. The molecule has 0 saturated carbocycles. The molecular weight excluding hydrogens is 864 g/mol. The first-order chi connectivity index (χ1) is 33.0. The zero-order chi connectivity index (χ0) is 49.9. The number of nitrogens with zero attached hydrogens (tertiary/aromatic N) is 1. The molecule has 0 aromatic heterocycles. The van der Waals surface area contributed by atoms with Crippen LogP contribution in [0.4, 0.5) is 0 Å². The smallest absolute Gasteiger partial charge is 0.387 e. The Balaban J connectivity index is 3.72. The van der Waals surface area contributed by atoms with Gasteiger partial charge in [-0.05, 0) is 70.6 Å². The Kier molecular flexibility index (Phi) is 48.0. The molecule has 0 aromatic carbocycles. The Labute approximate surface area is 420 Å². The molecule has 3 unspecified atom stereocenters. The van der Waals surface area contributed by atoms with Crippen LogP contribution in [0.2, 0.25) is 0 Å². The Morgan fingerprint density at radius 3 is 1.29 bits per heavy atom. The van der Waals surface area contributed by atoms with Crippen molar-refractivity contribution >= 4 is 13.7 Å². The molecule has 0 rings (SSSR count). The van der Waals surface area contributed by atoms with Gasteiger partial charge in [-0.3, -0.25) is 13.8 Å². The summed E-state index contributed by atoms with van der Waals surface area (Å²) in [6.07, 6.45) is 70.5. The summed E-state index contributed by atoms with van der Waals surface area (Å²) in [6, 6.07) is -0.843. The molecular formula is C59H108N2O6P+. The summed E-state index contributed by atoms with van der Waals surface area (Å²) in [5.41, 5.74) is 0. The van der Waals surface area contributed by atoms with Crippen LogP contribution in [0.15, 0.2) is 85.1 Å². The second-order valence-electron chi connectivity index (χ2n) is 19.9. The van der Waals surface area contributed by atoms with Crippen molar-refractivity contribution in [2.75, 3.05) is 40.9 Å². The lowest BCUT2D eigenvalue weighted by Crippen LogP contribution is -2.45. The topological polar surface area (TPSA) is 105 Å². The molecule has 394 valence electrons. The normalized spacial score (nSPS) is 14.6. The van der Waals surface area contributed by atoms with E-state index < -0.39 is 20.0 Å². The molecule has 0 radical (unpaired) electrons. The monoisotopic (exact) mass is 972 g/mol. The quantitative estimate of drug-likeness (QED) is 0.0243. The molecule has 0 fully saturated rings. The van der Waals surface area contributed by atoms with Gasteiger partial charge in [-0.15, -0.1) is 0 Å². The summed E-state index contributed by atoms with van der Waals surface area (Å²) in [5.74, 6) is -0.184. The third kappa shape index (κ3) is 51.5. The van der Waals surface area contributed by atoms with Gasteiger partial charge in [0.1, 0.15) is 13.2 Å². The molecule has 9 heteroatoms. The average molecular weight is 972 g/mol. The minimum Gasteiger partial charge on any atom is -0.387 e. The van der Waals surface area contributed by atoms with Gasteiger partial charge in [-0.2, -0.15) is 0 Å². The van der Waals surface area contributed by atoms with E-state index in [0.29, 0.717) is 17.4 Å². The van der Waals surface area contributed by atoms with Crippen LogP contribution in [0.25, 0.3) is 0 Å². The maximum absolute atomic E-state index is 12.8. The number of carbonyl (C=O) groups excluding carboxylic acids is 1. The minimum atomic E-state index is -4.33. The summed E-state index contributed by atoms with van der Waals surface area (Å²) >= 11 is 0. The van der Waals surface area contributed by atoms with E-state index in [4.69, 9.17) is 9.05 Å². The zero-order valence-corrected chi connectivity index (χ0v) is 45.7. The number of phosphoric acid groups is 1. The number of likely N-dealkylation sites (N-methyl/N-ethyl adjacent to an activating group) is 1. The van der Waals surface area contributed by atoms with Gasteiger partial charge < -0.3 is 19.8 Å². The molecule has 0 saturated heterocycles. The Morgan fingerprint density at radius 2 is 0.882 bits per heavy atom.